The van der Waals surface area contributed by atoms with Crippen LogP contribution in [0, 0.1) is 0 Å². The van der Waals surface area contributed by atoms with E-state index in [-0.39, 0.29) is 21.4 Å². The lowest BCUT2D eigenvalue weighted by Gasteiger charge is -2.26. The lowest BCUT2D eigenvalue weighted by molar-refractivity contribution is -0.193. The Labute approximate surface area is 130 Å². The number of anilines is 2. The molecule has 0 aliphatic carbocycles. The molecule has 0 aliphatic heterocycles. The fourth-order valence-electron chi connectivity index (χ4n) is 1.49. The van der Waals surface area contributed by atoms with Crippen LogP contribution in [0.1, 0.15) is 10.4 Å². The zero-order valence-corrected chi connectivity index (χ0v) is 12.6. The molecule has 22 heavy (non-hydrogen) atoms. The number of hydrogen-bond donors (Lipinski definition) is 5. The van der Waals surface area contributed by atoms with Crippen LogP contribution in [-0.2, 0) is 0 Å². The average Bonchev–Trinajstić information content (AvgIpc) is 2.44. The van der Waals surface area contributed by atoms with Crippen molar-refractivity contribution < 1.29 is 27.6 Å². The van der Waals surface area contributed by atoms with Gasteiger partial charge in [0, 0.05) is 10.0 Å². The molecule has 0 heterocycles. The van der Waals surface area contributed by atoms with Crippen LogP contribution in [-0.4, -0.2) is 36.0 Å². The molecule has 0 saturated heterocycles. The van der Waals surface area contributed by atoms with E-state index in [1.807, 2.05) is 0 Å². The van der Waals surface area contributed by atoms with Crippen molar-refractivity contribution in [3.63, 3.8) is 0 Å². The first-order valence-corrected chi connectivity index (χ1v) is 6.58. The molecule has 1 amide bonds. The summed E-state index contributed by atoms with van der Waals surface area (Å²) in [5, 5.41) is 11.0. The van der Waals surface area contributed by atoms with E-state index in [2.05, 4.69) is 27.0 Å². The SMILES string of the molecule is NCC(F)(F)C(F)(F)CNc1c(Br)cc(C(N)=O)cc1NO. The van der Waals surface area contributed by atoms with Crippen LogP contribution in [0.15, 0.2) is 16.6 Å². The summed E-state index contributed by atoms with van der Waals surface area (Å²) in [5.41, 5.74) is 11.0. The topological polar surface area (TPSA) is 113 Å². The molecule has 0 radical (unpaired) electrons. The molecule has 6 nitrogen and oxygen atoms in total. The van der Waals surface area contributed by atoms with Gasteiger partial charge in [0.25, 0.3) is 0 Å². The number of carbonyl (C=O) groups excluding carboxylic acids is 1. The van der Waals surface area contributed by atoms with Crippen LogP contribution >= 0.6 is 15.9 Å². The highest BCUT2D eigenvalue weighted by Gasteiger charge is 2.54. The molecule has 0 fully saturated rings. The summed E-state index contributed by atoms with van der Waals surface area (Å²) >= 11 is 2.96. The molecule has 0 aromatic heterocycles. The Hall–Kier alpha value is -1.59. The number of hydrogen-bond acceptors (Lipinski definition) is 5. The predicted molar refractivity (Wildman–Crippen MR) is 75.5 cm³/mol. The van der Waals surface area contributed by atoms with E-state index in [9.17, 15) is 22.4 Å². The highest BCUT2D eigenvalue weighted by molar-refractivity contribution is 9.10. The number of rotatable bonds is 7. The van der Waals surface area contributed by atoms with E-state index in [4.69, 9.17) is 10.9 Å². The second-order valence-electron chi connectivity index (χ2n) is 4.32. The third-order valence-electron chi connectivity index (χ3n) is 2.77. The summed E-state index contributed by atoms with van der Waals surface area (Å²) in [6.07, 6.45) is 0. The van der Waals surface area contributed by atoms with E-state index < -0.39 is 30.8 Å². The quantitative estimate of drug-likeness (QED) is 0.362. The lowest BCUT2D eigenvalue weighted by Crippen LogP contribution is -2.50. The van der Waals surface area contributed by atoms with Crippen LogP contribution in [0.2, 0.25) is 0 Å². The fraction of sp³-hybridized carbons (Fsp3) is 0.364. The molecule has 0 atom stereocenters. The first-order chi connectivity index (χ1) is 10.1. The van der Waals surface area contributed by atoms with E-state index in [1.165, 1.54) is 6.07 Å². The molecule has 1 aromatic rings. The molecule has 1 rings (SSSR count). The van der Waals surface area contributed by atoms with Gasteiger partial charge in [0.05, 0.1) is 24.5 Å². The van der Waals surface area contributed by atoms with Gasteiger partial charge in [0.1, 0.15) is 0 Å². The standard InChI is InChI=1S/C11H13BrF4N4O2/c12-6-1-5(9(18)21)2-7(20-22)8(6)19-4-11(15,16)10(13,14)3-17/h1-2,19-20,22H,3-4,17H2,(H2,18,21). The molecule has 0 spiro atoms. The molecule has 0 aliphatic rings. The summed E-state index contributed by atoms with van der Waals surface area (Å²) < 4.78 is 52.9. The van der Waals surface area contributed by atoms with E-state index >= 15 is 0 Å². The number of alkyl halides is 4. The number of benzene rings is 1. The van der Waals surface area contributed by atoms with Gasteiger partial charge >= 0.3 is 11.8 Å². The van der Waals surface area contributed by atoms with Crippen molar-refractivity contribution in [1.29, 1.82) is 0 Å². The number of halogens is 5. The molecule has 11 heteroatoms. The van der Waals surface area contributed by atoms with Crippen LogP contribution in [0.5, 0.6) is 0 Å². The van der Waals surface area contributed by atoms with Gasteiger partial charge in [-0.05, 0) is 28.1 Å². The molecule has 0 unspecified atom stereocenters. The summed E-state index contributed by atoms with van der Waals surface area (Å²) in [5.74, 6) is -9.65. The number of primary amides is 1. The van der Waals surface area contributed by atoms with Crippen LogP contribution < -0.4 is 22.3 Å². The first-order valence-electron chi connectivity index (χ1n) is 5.78. The Morgan fingerprint density at radius 1 is 1.27 bits per heavy atom. The third kappa shape index (κ3) is 3.78. The van der Waals surface area contributed by atoms with Crippen LogP contribution in [0.3, 0.4) is 0 Å². The minimum absolute atomic E-state index is 0.0342. The Morgan fingerprint density at radius 2 is 1.86 bits per heavy atom. The van der Waals surface area contributed by atoms with Gasteiger partial charge in [0.2, 0.25) is 5.91 Å². The van der Waals surface area contributed by atoms with Gasteiger partial charge in [-0.15, -0.1) is 0 Å². The fourth-order valence-corrected chi connectivity index (χ4v) is 2.10. The van der Waals surface area contributed by atoms with Gasteiger partial charge < -0.3 is 16.8 Å². The second kappa shape index (κ2) is 6.67. The molecular weight excluding hydrogens is 376 g/mol. The van der Waals surface area contributed by atoms with Crippen LogP contribution in [0.4, 0.5) is 28.9 Å². The smallest absolute Gasteiger partial charge is 0.328 e. The Morgan fingerprint density at radius 3 is 2.32 bits per heavy atom. The van der Waals surface area contributed by atoms with E-state index in [0.717, 1.165) is 6.07 Å². The number of carbonyl (C=O) groups is 1. The van der Waals surface area contributed by atoms with Crippen molar-refractivity contribution in [3.05, 3.63) is 22.2 Å². The summed E-state index contributed by atoms with van der Waals surface area (Å²) in [4.78, 5) is 11.1. The molecular formula is C11H13BrF4N4O2. The van der Waals surface area contributed by atoms with Crippen LogP contribution in [0.25, 0.3) is 0 Å². The van der Waals surface area contributed by atoms with Crippen molar-refractivity contribution in [2.24, 2.45) is 11.5 Å². The van der Waals surface area contributed by atoms with Crippen molar-refractivity contribution in [2.45, 2.75) is 11.8 Å². The van der Waals surface area contributed by atoms with Gasteiger partial charge in [-0.2, -0.15) is 17.6 Å². The lowest BCUT2D eigenvalue weighted by atomic mass is 10.1. The number of nitrogens with one attached hydrogen (secondary N) is 2. The monoisotopic (exact) mass is 388 g/mol. The highest BCUT2D eigenvalue weighted by Crippen LogP contribution is 2.36. The van der Waals surface area contributed by atoms with Gasteiger partial charge in [-0.3, -0.25) is 15.5 Å². The number of nitrogens with two attached hydrogens (primary N) is 2. The maximum atomic E-state index is 13.4. The van der Waals surface area contributed by atoms with Gasteiger partial charge in [0.15, 0.2) is 0 Å². The van der Waals surface area contributed by atoms with Gasteiger partial charge in [-0.1, -0.05) is 0 Å². The van der Waals surface area contributed by atoms with Gasteiger partial charge in [-0.25, -0.2) is 0 Å². The van der Waals surface area contributed by atoms with Crippen molar-refractivity contribution in [2.75, 3.05) is 23.9 Å². The molecule has 124 valence electrons. The number of amides is 1. The molecule has 0 bridgehead atoms. The van der Waals surface area contributed by atoms with Crippen molar-refractivity contribution in [3.8, 4) is 0 Å². The maximum absolute atomic E-state index is 13.4. The zero-order valence-electron chi connectivity index (χ0n) is 11.0. The summed E-state index contributed by atoms with van der Waals surface area (Å²) in [6.45, 7) is -2.96. The Kier molecular flexibility index (Phi) is 5.59. The second-order valence-corrected chi connectivity index (χ2v) is 5.18. The van der Waals surface area contributed by atoms with E-state index in [1.54, 1.807) is 5.48 Å². The minimum Gasteiger partial charge on any atom is -0.376 e. The normalized spacial score (nSPS) is 12.1. The minimum atomic E-state index is -4.42. The van der Waals surface area contributed by atoms with E-state index in [0.29, 0.717) is 0 Å². The zero-order chi connectivity index (χ0) is 17.1. The Bertz CT molecular complexity index is 571. The molecule has 0 saturated carbocycles. The maximum Gasteiger partial charge on any atom is 0.328 e. The average molecular weight is 389 g/mol. The predicted octanol–water partition coefficient (Wildman–Crippen LogP) is 1.99. The van der Waals surface area contributed by atoms with Crippen molar-refractivity contribution >= 4 is 33.2 Å². The first kappa shape index (κ1) is 18.5. The summed E-state index contributed by atoms with van der Waals surface area (Å²) in [7, 11) is 0. The highest BCUT2D eigenvalue weighted by atomic mass is 79.9. The third-order valence-corrected chi connectivity index (χ3v) is 3.40. The molecule has 1 aromatic carbocycles. The Balaban J connectivity index is 3.06. The van der Waals surface area contributed by atoms with Crippen molar-refractivity contribution in [1.82, 2.24) is 0 Å². The largest absolute Gasteiger partial charge is 0.376 e. The molecule has 7 N–H and O–H groups in total. The summed E-state index contributed by atoms with van der Waals surface area (Å²) in [6, 6.07) is 2.25.